The minimum Gasteiger partial charge on any atom is -0.490 e. The number of carbonyl (C=O) groups is 1. The maximum Gasteiger partial charge on any atom is 0.373 e. The molecule has 2 aromatic rings. The Morgan fingerprint density at radius 1 is 1.28 bits per heavy atom. The second kappa shape index (κ2) is 5.55. The third kappa shape index (κ3) is 2.46. The van der Waals surface area contributed by atoms with E-state index in [2.05, 4.69) is 4.74 Å². The first kappa shape index (κ1) is 12.4. The Balaban J connectivity index is 2.30. The summed E-state index contributed by atoms with van der Waals surface area (Å²) in [7, 11) is 2.92. The standard InChI is InChI=1S/C13H14O5/c1-15-6-7-17-10-4-3-5-11-9(10)8-12(18-11)13(14)16-2/h3-5,8H,6-7H2,1-2H3. The van der Waals surface area contributed by atoms with E-state index in [-0.39, 0.29) is 5.76 Å². The highest BCUT2D eigenvalue weighted by Crippen LogP contribution is 2.28. The van der Waals surface area contributed by atoms with Gasteiger partial charge in [0.2, 0.25) is 5.76 Å². The molecular weight excluding hydrogens is 236 g/mol. The molecule has 0 atom stereocenters. The fraction of sp³-hybridized carbons (Fsp3) is 0.308. The molecule has 0 saturated heterocycles. The molecule has 0 saturated carbocycles. The van der Waals surface area contributed by atoms with E-state index >= 15 is 0 Å². The number of rotatable bonds is 5. The van der Waals surface area contributed by atoms with Gasteiger partial charge in [0.05, 0.1) is 19.1 Å². The number of ether oxygens (including phenoxy) is 3. The first-order valence-corrected chi connectivity index (χ1v) is 5.49. The summed E-state index contributed by atoms with van der Waals surface area (Å²) in [6, 6.07) is 7.00. The quantitative estimate of drug-likeness (QED) is 0.601. The van der Waals surface area contributed by atoms with Crippen LogP contribution < -0.4 is 4.74 Å². The van der Waals surface area contributed by atoms with Crippen LogP contribution in [0.5, 0.6) is 5.75 Å². The van der Waals surface area contributed by atoms with Gasteiger partial charge < -0.3 is 18.6 Å². The van der Waals surface area contributed by atoms with Crippen LogP contribution in [0.4, 0.5) is 0 Å². The van der Waals surface area contributed by atoms with Gasteiger partial charge >= 0.3 is 5.97 Å². The van der Waals surface area contributed by atoms with Gasteiger partial charge in [0.1, 0.15) is 17.9 Å². The molecule has 1 aromatic heterocycles. The maximum atomic E-state index is 11.4. The zero-order valence-corrected chi connectivity index (χ0v) is 10.3. The number of furan rings is 1. The van der Waals surface area contributed by atoms with Crippen molar-refractivity contribution < 1.29 is 23.4 Å². The molecule has 18 heavy (non-hydrogen) atoms. The number of methoxy groups -OCH3 is 2. The highest BCUT2D eigenvalue weighted by molar-refractivity contribution is 5.94. The smallest absolute Gasteiger partial charge is 0.373 e. The van der Waals surface area contributed by atoms with Crippen LogP contribution in [-0.4, -0.2) is 33.4 Å². The van der Waals surface area contributed by atoms with Crippen molar-refractivity contribution in [1.29, 1.82) is 0 Å². The summed E-state index contributed by atoms with van der Waals surface area (Å²) in [6.45, 7) is 0.937. The lowest BCUT2D eigenvalue weighted by Gasteiger charge is -2.05. The molecule has 2 rings (SSSR count). The van der Waals surface area contributed by atoms with Crippen LogP contribution in [0.15, 0.2) is 28.7 Å². The topological polar surface area (TPSA) is 57.9 Å². The Labute approximate surface area is 104 Å². The molecule has 0 aliphatic carbocycles. The summed E-state index contributed by atoms with van der Waals surface area (Å²) >= 11 is 0. The monoisotopic (exact) mass is 250 g/mol. The third-order valence-corrected chi connectivity index (χ3v) is 2.45. The predicted octanol–water partition coefficient (Wildman–Crippen LogP) is 2.24. The Morgan fingerprint density at radius 3 is 2.83 bits per heavy atom. The summed E-state index contributed by atoms with van der Waals surface area (Å²) in [6.07, 6.45) is 0. The number of carbonyl (C=O) groups excluding carboxylic acids is 1. The second-order valence-electron chi connectivity index (χ2n) is 3.61. The Kier molecular flexibility index (Phi) is 3.84. The van der Waals surface area contributed by atoms with Crippen molar-refractivity contribution >= 4 is 16.9 Å². The van der Waals surface area contributed by atoms with Gasteiger partial charge in [-0.2, -0.15) is 0 Å². The van der Waals surface area contributed by atoms with Crippen molar-refractivity contribution in [3.8, 4) is 5.75 Å². The van der Waals surface area contributed by atoms with E-state index in [0.717, 1.165) is 5.39 Å². The number of hydrogen-bond donors (Lipinski definition) is 0. The summed E-state index contributed by atoms with van der Waals surface area (Å²) in [4.78, 5) is 11.4. The average Bonchev–Trinajstić information content (AvgIpc) is 2.83. The second-order valence-corrected chi connectivity index (χ2v) is 3.61. The Hall–Kier alpha value is -2.01. The van der Waals surface area contributed by atoms with Gasteiger partial charge in [-0.3, -0.25) is 0 Å². The molecule has 5 nitrogen and oxygen atoms in total. The lowest BCUT2D eigenvalue weighted by molar-refractivity contribution is 0.0567. The van der Waals surface area contributed by atoms with E-state index in [1.165, 1.54) is 7.11 Å². The van der Waals surface area contributed by atoms with Crippen LogP contribution in [0.1, 0.15) is 10.6 Å². The lowest BCUT2D eigenvalue weighted by atomic mass is 10.2. The molecule has 0 bridgehead atoms. The molecular formula is C13H14O5. The molecule has 0 amide bonds. The summed E-state index contributed by atoms with van der Waals surface area (Å²) in [5.74, 6) is 0.313. The number of fused-ring (bicyclic) bond motifs is 1. The van der Waals surface area contributed by atoms with Crippen molar-refractivity contribution in [3.05, 3.63) is 30.0 Å². The van der Waals surface area contributed by atoms with Crippen molar-refractivity contribution in [2.45, 2.75) is 0 Å². The highest BCUT2D eigenvalue weighted by Gasteiger charge is 2.14. The van der Waals surface area contributed by atoms with Crippen LogP contribution in [-0.2, 0) is 9.47 Å². The zero-order chi connectivity index (χ0) is 13.0. The van der Waals surface area contributed by atoms with Gasteiger partial charge in [-0.05, 0) is 12.1 Å². The Morgan fingerprint density at radius 2 is 2.11 bits per heavy atom. The van der Waals surface area contributed by atoms with Gasteiger partial charge in [-0.1, -0.05) is 6.07 Å². The Bertz CT molecular complexity index is 543. The third-order valence-electron chi connectivity index (χ3n) is 2.45. The number of esters is 1. The van der Waals surface area contributed by atoms with Crippen molar-refractivity contribution in [2.24, 2.45) is 0 Å². The molecule has 5 heteroatoms. The van der Waals surface area contributed by atoms with Gasteiger partial charge in [0, 0.05) is 13.2 Å². The van der Waals surface area contributed by atoms with Crippen LogP contribution in [0.25, 0.3) is 11.0 Å². The molecule has 0 fully saturated rings. The first-order chi connectivity index (χ1) is 8.76. The van der Waals surface area contributed by atoms with Gasteiger partial charge in [0.15, 0.2) is 0 Å². The van der Waals surface area contributed by atoms with E-state index in [9.17, 15) is 4.79 Å². The molecule has 0 N–H and O–H groups in total. The molecule has 0 aliphatic rings. The summed E-state index contributed by atoms with van der Waals surface area (Å²) < 4.78 is 20.5. The van der Waals surface area contributed by atoms with Crippen LogP contribution in [0.3, 0.4) is 0 Å². The molecule has 0 radical (unpaired) electrons. The lowest BCUT2D eigenvalue weighted by Crippen LogP contribution is -2.04. The first-order valence-electron chi connectivity index (χ1n) is 5.49. The minimum atomic E-state index is -0.506. The number of hydrogen-bond acceptors (Lipinski definition) is 5. The molecule has 0 spiro atoms. The molecule has 0 aliphatic heterocycles. The van der Waals surface area contributed by atoms with Crippen molar-refractivity contribution in [2.75, 3.05) is 27.4 Å². The minimum absolute atomic E-state index is 0.162. The van der Waals surface area contributed by atoms with Crippen molar-refractivity contribution in [3.63, 3.8) is 0 Å². The van der Waals surface area contributed by atoms with E-state index in [1.54, 1.807) is 25.3 Å². The largest absolute Gasteiger partial charge is 0.490 e. The summed E-state index contributed by atoms with van der Waals surface area (Å²) in [5.41, 5.74) is 0.588. The fourth-order valence-corrected chi connectivity index (χ4v) is 1.60. The fourth-order valence-electron chi connectivity index (χ4n) is 1.60. The normalized spacial score (nSPS) is 10.6. The van der Waals surface area contributed by atoms with E-state index in [0.29, 0.717) is 24.5 Å². The molecule has 0 unspecified atom stereocenters. The highest BCUT2D eigenvalue weighted by atomic mass is 16.5. The predicted molar refractivity (Wildman–Crippen MR) is 64.9 cm³/mol. The summed E-state index contributed by atoms with van der Waals surface area (Å²) in [5, 5.41) is 0.744. The average molecular weight is 250 g/mol. The van der Waals surface area contributed by atoms with E-state index in [1.807, 2.05) is 6.07 Å². The van der Waals surface area contributed by atoms with Gasteiger partial charge in [0.25, 0.3) is 0 Å². The van der Waals surface area contributed by atoms with Crippen LogP contribution >= 0.6 is 0 Å². The SMILES string of the molecule is COCCOc1cccc2oc(C(=O)OC)cc12. The van der Waals surface area contributed by atoms with Crippen molar-refractivity contribution in [1.82, 2.24) is 0 Å². The van der Waals surface area contributed by atoms with Crippen LogP contribution in [0.2, 0.25) is 0 Å². The zero-order valence-electron chi connectivity index (χ0n) is 10.3. The van der Waals surface area contributed by atoms with E-state index < -0.39 is 5.97 Å². The molecule has 1 aromatic carbocycles. The van der Waals surface area contributed by atoms with E-state index in [4.69, 9.17) is 13.9 Å². The van der Waals surface area contributed by atoms with Gasteiger partial charge in [-0.25, -0.2) is 4.79 Å². The molecule has 96 valence electrons. The van der Waals surface area contributed by atoms with Gasteiger partial charge in [-0.15, -0.1) is 0 Å². The van der Waals surface area contributed by atoms with Crippen LogP contribution in [0, 0.1) is 0 Å². The molecule has 1 heterocycles. The maximum absolute atomic E-state index is 11.4. The number of benzene rings is 1.